The van der Waals surface area contributed by atoms with Crippen molar-refractivity contribution in [2.45, 2.75) is 62.6 Å². The van der Waals surface area contributed by atoms with E-state index in [2.05, 4.69) is 45.5 Å². The number of rotatable bonds is 4. The number of nitrogens with zero attached hydrogens (tertiary/aromatic N) is 3. The molecule has 0 unspecified atom stereocenters. The van der Waals surface area contributed by atoms with Gasteiger partial charge in [0, 0.05) is 49.5 Å². The lowest BCUT2D eigenvalue weighted by Gasteiger charge is -2.57. The quantitative estimate of drug-likeness (QED) is 0.771. The molecule has 1 saturated carbocycles. The zero-order chi connectivity index (χ0) is 21.9. The Bertz CT molecular complexity index is 898. The van der Waals surface area contributed by atoms with Crippen LogP contribution in [0.4, 0.5) is 4.79 Å². The monoisotopic (exact) mass is 434 g/mol. The van der Waals surface area contributed by atoms with Gasteiger partial charge in [0.2, 0.25) is 0 Å². The molecule has 0 bridgehead atoms. The summed E-state index contributed by atoms with van der Waals surface area (Å²) >= 11 is 0. The first-order valence-electron chi connectivity index (χ1n) is 12.2. The van der Waals surface area contributed by atoms with Crippen LogP contribution in [0.25, 0.3) is 11.1 Å². The zero-order valence-corrected chi connectivity index (χ0v) is 18.7. The molecule has 2 aromatic rings. The van der Waals surface area contributed by atoms with E-state index in [9.17, 15) is 9.90 Å². The van der Waals surface area contributed by atoms with Gasteiger partial charge in [0.15, 0.2) is 0 Å². The lowest BCUT2D eigenvalue weighted by Crippen LogP contribution is -2.68. The Morgan fingerprint density at radius 1 is 1.03 bits per heavy atom. The third-order valence-corrected chi connectivity index (χ3v) is 7.63. The molecule has 2 N–H and O–H groups in total. The van der Waals surface area contributed by atoms with Crippen LogP contribution < -0.4 is 5.32 Å². The number of carbonyl (C=O) groups excluding carboxylic acids is 1. The Morgan fingerprint density at radius 2 is 1.81 bits per heavy atom. The van der Waals surface area contributed by atoms with E-state index in [0.717, 1.165) is 56.4 Å². The Hall–Kier alpha value is -2.44. The maximum Gasteiger partial charge on any atom is 0.317 e. The minimum Gasteiger partial charge on any atom is -0.395 e. The Kier molecular flexibility index (Phi) is 6.42. The van der Waals surface area contributed by atoms with Crippen LogP contribution in [-0.4, -0.2) is 70.3 Å². The summed E-state index contributed by atoms with van der Waals surface area (Å²) in [6, 6.07) is 13.5. The number of pyridine rings is 1. The number of benzene rings is 1. The standard InChI is InChI=1S/C26H34N4O2/c31-18-24-25(20-11-9-19(10-12-20)21-6-5-13-27-16-21)23-17-29(14-3-4-15-30(23)24)26(32)28-22-7-1-2-8-22/h5-6,9-13,16,22-25,31H,1-4,7-8,14-15,17-18H2,(H,28,32)/t23-,24+,25-/m1/s1. The topological polar surface area (TPSA) is 68.7 Å². The summed E-state index contributed by atoms with van der Waals surface area (Å²) in [5.74, 6) is 0.239. The average molecular weight is 435 g/mol. The SMILES string of the molecule is O=C(NC1CCCC1)N1CCCCN2[C@H](C1)[C@@H](c1ccc(-c3cccnc3)cc1)[C@@H]2CO. The summed E-state index contributed by atoms with van der Waals surface area (Å²) in [5.41, 5.74) is 3.50. The molecule has 1 aromatic heterocycles. The molecule has 2 aliphatic heterocycles. The predicted octanol–water partition coefficient (Wildman–Crippen LogP) is 3.63. The number of fused-ring (bicyclic) bond motifs is 1. The second-order valence-corrected chi connectivity index (χ2v) is 9.53. The minimum absolute atomic E-state index is 0.0943. The normalized spacial score (nSPS) is 26.7. The number of aliphatic hydroxyl groups excluding tert-OH is 1. The van der Waals surface area contributed by atoms with Crippen molar-refractivity contribution in [1.82, 2.24) is 20.1 Å². The minimum atomic E-state index is 0.0943. The van der Waals surface area contributed by atoms with E-state index >= 15 is 0 Å². The van der Waals surface area contributed by atoms with E-state index < -0.39 is 0 Å². The second kappa shape index (κ2) is 9.59. The van der Waals surface area contributed by atoms with Gasteiger partial charge >= 0.3 is 6.03 Å². The van der Waals surface area contributed by atoms with Crippen LogP contribution >= 0.6 is 0 Å². The summed E-state index contributed by atoms with van der Waals surface area (Å²) in [4.78, 5) is 21.7. The molecule has 3 aliphatic rings. The molecule has 6 nitrogen and oxygen atoms in total. The molecule has 2 amide bonds. The molecule has 2 saturated heterocycles. The zero-order valence-electron chi connectivity index (χ0n) is 18.7. The van der Waals surface area contributed by atoms with Crippen LogP contribution in [0.5, 0.6) is 0 Å². The molecule has 32 heavy (non-hydrogen) atoms. The van der Waals surface area contributed by atoms with Crippen molar-refractivity contribution in [3.8, 4) is 11.1 Å². The van der Waals surface area contributed by atoms with Gasteiger partial charge in [-0.15, -0.1) is 0 Å². The van der Waals surface area contributed by atoms with Gasteiger partial charge < -0.3 is 15.3 Å². The molecule has 3 atom stereocenters. The summed E-state index contributed by atoms with van der Waals surface area (Å²) in [7, 11) is 0. The Balaban J connectivity index is 1.33. The lowest BCUT2D eigenvalue weighted by atomic mass is 9.74. The second-order valence-electron chi connectivity index (χ2n) is 9.53. The van der Waals surface area contributed by atoms with Crippen molar-refractivity contribution in [2.75, 3.05) is 26.2 Å². The number of aliphatic hydroxyl groups is 1. The number of hydrogen-bond donors (Lipinski definition) is 2. The van der Waals surface area contributed by atoms with Gasteiger partial charge in [-0.25, -0.2) is 4.79 Å². The number of nitrogens with one attached hydrogen (secondary N) is 1. The third kappa shape index (κ3) is 4.26. The molecule has 170 valence electrons. The van der Waals surface area contributed by atoms with Gasteiger partial charge in [-0.2, -0.15) is 0 Å². The molecule has 1 aromatic carbocycles. The van der Waals surface area contributed by atoms with Crippen LogP contribution in [0, 0.1) is 0 Å². The van der Waals surface area contributed by atoms with Crippen LogP contribution in [0.3, 0.4) is 0 Å². The fourth-order valence-corrected chi connectivity index (χ4v) is 5.89. The Morgan fingerprint density at radius 3 is 2.53 bits per heavy atom. The van der Waals surface area contributed by atoms with E-state index in [1.807, 2.05) is 17.2 Å². The number of aromatic nitrogens is 1. The van der Waals surface area contributed by atoms with Crippen molar-refractivity contribution in [3.63, 3.8) is 0 Å². The largest absolute Gasteiger partial charge is 0.395 e. The molecule has 1 aliphatic carbocycles. The van der Waals surface area contributed by atoms with E-state index in [1.165, 1.54) is 18.4 Å². The fraction of sp³-hybridized carbons (Fsp3) is 0.538. The number of carbonyl (C=O) groups is 1. The highest BCUT2D eigenvalue weighted by Gasteiger charge is 2.49. The fourth-order valence-electron chi connectivity index (χ4n) is 5.89. The highest BCUT2D eigenvalue weighted by atomic mass is 16.3. The number of amides is 2. The van der Waals surface area contributed by atoms with Crippen LogP contribution in [0.15, 0.2) is 48.8 Å². The molecule has 5 rings (SSSR count). The first-order valence-corrected chi connectivity index (χ1v) is 12.2. The third-order valence-electron chi connectivity index (χ3n) is 7.63. The number of hydrogen-bond acceptors (Lipinski definition) is 4. The molecule has 3 fully saturated rings. The van der Waals surface area contributed by atoms with Crippen molar-refractivity contribution in [3.05, 3.63) is 54.4 Å². The summed E-state index contributed by atoms with van der Waals surface area (Å²) < 4.78 is 0. The average Bonchev–Trinajstić information content (AvgIpc) is 3.32. The van der Waals surface area contributed by atoms with E-state index in [4.69, 9.17) is 0 Å². The Labute approximate surface area is 190 Å². The van der Waals surface area contributed by atoms with Gasteiger partial charge in [-0.1, -0.05) is 43.2 Å². The van der Waals surface area contributed by atoms with Crippen molar-refractivity contribution >= 4 is 6.03 Å². The molecule has 6 heteroatoms. The molecule has 0 spiro atoms. The molecule has 3 heterocycles. The summed E-state index contributed by atoms with van der Waals surface area (Å²) in [6.45, 7) is 2.70. The highest BCUT2D eigenvalue weighted by Crippen LogP contribution is 2.42. The molecular formula is C26H34N4O2. The van der Waals surface area contributed by atoms with E-state index in [-0.39, 0.29) is 30.6 Å². The van der Waals surface area contributed by atoms with Crippen molar-refractivity contribution in [2.24, 2.45) is 0 Å². The first kappa shape index (κ1) is 21.4. The van der Waals surface area contributed by atoms with Gasteiger partial charge in [0.05, 0.1) is 6.61 Å². The van der Waals surface area contributed by atoms with Gasteiger partial charge in [0.1, 0.15) is 0 Å². The number of urea groups is 1. The lowest BCUT2D eigenvalue weighted by molar-refractivity contribution is -0.0591. The van der Waals surface area contributed by atoms with E-state index in [1.54, 1.807) is 6.20 Å². The van der Waals surface area contributed by atoms with Crippen LogP contribution in [-0.2, 0) is 0 Å². The predicted molar refractivity (Wildman–Crippen MR) is 125 cm³/mol. The summed E-state index contributed by atoms with van der Waals surface area (Å²) in [5, 5.41) is 13.4. The van der Waals surface area contributed by atoms with Gasteiger partial charge in [-0.05, 0) is 55.0 Å². The maximum absolute atomic E-state index is 13.0. The molecular weight excluding hydrogens is 400 g/mol. The molecule has 0 radical (unpaired) electrons. The van der Waals surface area contributed by atoms with Crippen LogP contribution in [0.2, 0.25) is 0 Å². The summed E-state index contributed by atoms with van der Waals surface area (Å²) in [6.07, 6.45) is 10.4. The van der Waals surface area contributed by atoms with Crippen molar-refractivity contribution < 1.29 is 9.90 Å². The van der Waals surface area contributed by atoms with Gasteiger partial charge in [0.25, 0.3) is 0 Å². The van der Waals surface area contributed by atoms with Crippen molar-refractivity contribution in [1.29, 1.82) is 0 Å². The van der Waals surface area contributed by atoms with Gasteiger partial charge in [-0.3, -0.25) is 9.88 Å². The van der Waals surface area contributed by atoms with Crippen LogP contribution in [0.1, 0.15) is 50.0 Å². The first-order chi connectivity index (χ1) is 15.7. The maximum atomic E-state index is 13.0. The highest BCUT2D eigenvalue weighted by molar-refractivity contribution is 5.74. The van der Waals surface area contributed by atoms with E-state index in [0.29, 0.717) is 6.04 Å². The smallest absolute Gasteiger partial charge is 0.317 e.